The molecular formula is C27H26FN3O2. The lowest BCUT2D eigenvalue weighted by molar-refractivity contribution is 0.0953. The molecule has 0 spiro atoms. The summed E-state index contributed by atoms with van der Waals surface area (Å²) in [6.45, 7) is 4.94. The third-order valence-corrected chi connectivity index (χ3v) is 5.37. The second-order valence-electron chi connectivity index (χ2n) is 7.84. The lowest BCUT2D eigenvalue weighted by Gasteiger charge is -2.12. The molecule has 5 nitrogen and oxygen atoms in total. The molecule has 0 aliphatic rings. The molecule has 0 saturated carbocycles. The van der Waals surface area contributed by atoms with Gasteiger partial charge in [0.2, 0.25) is 0 Å². The van der Waals surface area contributed by atoms with E-state index in [1.807, 2.05) is 38.2 Å². The molecule has 2 aromatic carbocycles. The van der Waals surface area contributed by atoms with E-state index in [1.54, 1.807) is 24.3 Å². The van der Waals surface area contributed by atoms with Crippen molar-refractivity contribution in [2.24, 2.45) is 0 Å². The highest BCUT2D eigenvalue weighted by molar-refractivity contribution is 5.99. The number of rotatable bonds is 8. The lowest BCUT2D eigenvalue weighted by Crippen LogP contribution is -2.24. The molecule has 6 heteroatoms. The zero-order valence-corrected chi connectivity index (χ0v) is 18.8. The molecule has 0 unspecified atom stereocenters. The van der Waals surface area contributed by atoms with Crippen LogP contribution in [0.2, 0.25) is 0 Å². The second-order valence-corrected chi connectivity index (χ2v) is 7.84. The molecule has 0 fully saturated rings. The number of hydrogen-bond donors (Lipinski definition) is 1. The van der Waals surface area contributed by atoms with E-state index in [1.165, 1.54) is 12.1 Å². The van der Waals surface area contributed by atoms with Gasteiger partial charge in [0.1, 0.15) is 11.6 Å². The summed E-state index contributed by atoms with van der Waals surface area (Å²) in [5, 5.41) is 3.80. The number of benzene rings is 2. The van der Waals surface area contributed by atoms with Crippen LogP contribution < -0.4 is 10.1 Å². The minimum Gasteiger partial charge on any atom is -0.493 e. The fourth-order valence-corrected chi connectivity index (χ4v) is 3.62. The number of hydrogen-bond acceptors (Lipinski definition) is 4. The lowest BCUT2D eigenvalue weighted by atomic mass is 10.1. The van der Waals surface area contributed by atoms with E-state index < -0.39 is 0 Å². The third-order valence-electron chi connectivity index (χ3n) is 5.37. The van der Waals surface area contributed by atoms with E-state index in [0.29, 0.717) is 35.7 Å². The van der Waals surface area contributed by atoms with Gasteiger partial charge < -0.3 is 10.1 Å². The molecular weight excluding hydrogens is 417 g/mol. The first-order valence-electron chi connectivity index (χ1n) is 11.1. The zero-order valence-electron chi connectivity index (χ0n) is 18.8. The molecule has 0 aliphatic carbocycles. The minimum absolute atomic E-state index is 0.147. The monoisotopic (exact) mass is 443 g/mol. The Labute approximate surface area is 192 Å². The van der Waals surface area contributed by atoms with E-state index in [2.05, 4.69) is 16.4 Å². The summed E-state index contributed by atoms with van der Waals surface area (Å²) in [6.07, 6.45) is 3.55. The Morgan fingerprint density at radius 1 is 1.06 bits per heavy atom. The molecule has 2 aromatic heterocycles. The predicted octanol–water partition coefficient (Wildman–Crippen LogP) is 5.51. The van der Waals surface area contributed by atoms with Crippen LogP contribution >= 0.6 is 0 Å². The van der Waals surface area contributed by atoms with E-state index in [0.717, 1.165) is 35.0 Å². The Balaban J connectivity index is 1.51. The number of carbonyl (C=O) groups excluding carboxylic acids is 1. The summed E-state index contributed by atoms with van der Waals surface area (Å²) in [5.74, 6) is 0.230. The summed E-state index contributed by atoms with van der Waals surface area (Å²) in [4.78, 5) is 21.7. The number of halogens is 1. The topological polar surface area (TPSA) is 64.1 Å². The smallest absolute Gasteiger partial charge is 0.251 e. The molecule has 33 heavy (non-hydrogen) atoms. The van der Waals surface area contributed by atoms with E-state index in [4.69, 9.17) is 9.72 Å². The molecule has 1 N–H and O–H groups in total. The number of aryl methyl sites for hydroxylation is 2. The molecule has 0 bridgehead atoms. The van der Waals surface area contributed by atoms with Gasteiger partial charge in [-0.15, -0.1) is 0 Å². The molecule has 168 valence electrons. The normalized spacial score (nSPS) is 10.9. The van der Waals surface area contributed by atoms with Crippen molar-refractivity contribution in [2.75, 3.05) is 13.2 Å². The molecule has 2 heterocycles. The van der Waals surface area contributed by atoms with Crippen LogP contribution in [-0.2, 0) is 6.42 Å². The first-order valence-corrected chi connectivity index (χ1v) is 11.1. The fraction of sp³-hybridized carbons (Fsp3) is 0.222. The van der Waals surface area contributed by atoms with Crippen molar-refractivity contribution in [2.45, 2.75) is 26.7 Å². The van der Waals surface area contributed by atoms with Crippen LogP contribution in [-0.4, -0.2) is 29.0 Å². The summed E-state index contributed by atoms with van der Waals surface area (Å²) in [6, 6.07) is 17.5. The Morgan fingerprint density at radius 2 is 1.88 bits per heavy atom. The number of carbonyl (C=O) groups is 1. The highest BCUT2D eigenvalue weighted by atomic mass is 19.1. The first-order chi connectivity index (χ1) is 16.0. The van der Waals surface area contributed by atoms with Crippen LogP contribution in [0.4, 0.5) is 4.39 Å². The van der Waals surface area contributed by atoms with Gasteiger partial charge in [0.15, 0.2) is 0 Å². The SMILES string of the molecule is CCOc1cc(-c2ccc(F)cc2)nc2cc(C(=O)NCCCc3ccc(C)nc3)ccc12. The highest BCUT2D eigenvalue weighted by Crippen LogP contribution is 2.31. The van der Waals surface area contributed by atoms with Crippen LogP contribution in [0.3, 0.4) is 0 Å². The molecule has 1 amide bonds. The van der Waals surface area contributed by atoms with Gasteiger partial charge in [-0.2, -0.15) is 0 Å². The van der Waals surface area contributed by atoms with Gasteiger partial charge in [-0.3, -0.25) is 9.78 Å². The van der Waals surface area contributed by atoms with E-state index in [-0.39, 0.29) is 11.7 Å². The first kappa shape index (κ1) is 22.4. The largest absolute Gasteiger partial charge is 0.493 e. The number of pyridine rings is 2. The number of fused-ring (bicyclic) bond motifs is 1. The molecule has 0 saturated heterocycles. The average molecular weight is 444 g/mol. The number of aromatic nitrogens is 2. The Bertz CT molecular complexity index is 1260. The van der Waals surface area contributed by atoms with Gasteiger partial charge >= 0.3 is 0 Å². The van der Waals surface area contributed by atoms with Crippen LogP contribution in [0.15, 0.2) is 66.9 Å². The van der Waals surface area contributed by atoms with Crippen LogP contribution in [0.1, 0.15) is 35.0 Å². The number of amides is 1. The fourth-order valence-electron chi connectivity index (χ4n) is 3.62. The average Bonchev–Trinajstić information content (AvgIpc) is 2.83. The maximum Gasteiger partial charge on any atom is 0.251 e. The van der Waals surface area contributed by atoms with Gasteiger partial charge in [0, 0.05) is 41.0 Å². The van der Waals surface area contributed by atoms with Crippen molar-refractivity contribution in [1.29, 1.82) is 0 Å². The number of ether oxygens (including phenoxy) is 1. The Morgan fingerprint density at radius 3 is 2.61 bits per heavy atom. The highest BCUT2D eigenvalue weighted by Gasteiger charge is 2.12. The second kappa shape index (κ2) is 10.2. The predicted molar refractivity (Wildman–Crippen MR) is 128 cm³/mol. The van der Waals surface area contributed by atoms with Crippen molar-refractivity contribution in [3.05, 3.63) is 89.5 Å². The maximum absolute atomic E-state index is 13.3. The Kier molecular flexibility index (Phi) is 6.93. The van der Waals surface area contributed by atoms with Gasteiger partial charge in [-0.25, -0.2) is 9.37 Å². The quantitative estimate of drug-likeness (QED) is 0.365. The van der Waals surface area contributed by atoms with Crippen LogP contribution in [0, 0.1) is 12.7 Å². The summed E-state index contributed by atoms with van der Waals surface area (Å²) in [5.41, 5.74) is 4.77. The molecule has 0 atom stereocenters. The van der Waals surface area contributed by atoms with Crippen LogP contribution in [0.5, 0.6) is 5.75 Å². The zero-order chi connectivity index (χ0) is 23.2. The molecule has 4 aromatic rings. The standard InChI is InChI=1S/C27H26FN3O2/c1-3-33-26-16-24(20-8-11-22(28)12-9-20)31-25-15-21(10-13-23(25)26)27(32)29-14-4-5-19-7-6-18(2)30-17-19/h6-13,15-17H,3-5,14H2,1-2H3,(H,29,32). The summed E-state index contributed by atoms with van der Waals surface area (Å²) in [7, 11) is 0. The van der Waals surface area contributed by atoms with Crippen molar-refractivity contribution in [1.82, 2.24) is 15.3 Å². The third kappa shape index (κ3) is 5.52. The minimum atomic E-state index is -0.304. The van der Waals surface area contributed by atoms with Gasteiger partial charge in [-0.1, -0.05) is 6.07 Å². The van der Waals surface area contributed by atoms with E-state index >= 15 is 0 Å². The van der Waals surface area contributed by atoms with Gasteiger partial charge in [0.05, 0.1) is 17.8 Å². The van der Waals surface area contributed by atoms with E-state index in [9.17, 15) is 9.18 Å². The molecule has 0 aliphatic heterocycles. The van der Waals surface area contributed by atoms with Crippen molar-refractivity contribution in [3.63, 3.8) is 0 Å². The van der Waals surface area contributed by atoms with Gasteiger partial charge in [0.25, 0.3) is 5.91 Å². The van der Waals surface area contributed by atoms with Crippen LogP contribution in [0.25, 0.3) is 22.2 Å². The summed E-state index contributed by atoms with van der Waals surface area (Å²) < 4.78 is 19.2. The maximum atomic E-state index is 13.3. The summed E-state index contributed by atoms with van der Waals surface area (Å²) >= 11 is 0. The molecule has 0 radical (unpaired) electrons. The van der Waals surface area contributed by atoms with Crippen molar-refractivity contribution in [3.8, 4) is 17.0 Å². The van der Waals surface area contributed by atoms with Crippen molar-refractivity contribution >= 4 is 16.8 Å². The van der Waals surface area contributed by atoms with Crippen molar-refractivity contribution < 1.29 is 13.9 Å². The molecule has 4 rings (SSSR count). The number of nitrogens with zero attached hydrogens (tertiary/aromatic N) is 2. The Hall–Kier alpha value is -3.80. The van der Waals surface area contributed by atoms with Gasteiger partial charge in [-0.05, 0) is 80.8 Å². The number of nitrogens with one attached hydrogen (secondary N) is 1.